The first-order chi connectivity index (χ1) is 13.5. The van der Waals surface area contributed by atoms with Gasteiger partial charge in [-0.3, -0.25) is 4.79 Å². The number of carbonyl (C=O) groups is 1. The minimum atomic E-state index is -0.161. The first-order valence-corrected chi connectivity index (χ1v) is 9.48. The monoisotopic (exact) mass is 381 g/mol. The molecule has 1 aromatic carbocycles. The molecular weight excluding hydrogens is 354 g/mol. The van der Waals surface area contributed by atoms with Crippen LogP contribution in [0.1, 0.15) is 35.7 Å². The Hall–Kier alpha value is -3.02. The maximum Gasteiger partial charge on any atom is 0.272 e. The molecule has 0 aliphatic carbocycles. The minimum Gasteiger partial charge on any atom is -0.497 e. The Kier molecular flexibility index (Phi) is 6.19. The van der Waals surface area contributed by atoms with Crippen molar-refractivity contribution >= 4 is 11.4 Å². The molecule has 6 nitrogen and oxygen atoms in total. The summed E-state index contributed by atoms with van der Waals surface area (Å²) in [6.07, 6.45) is 3.43. The normalized spacial score (nSPS) is 11.0. The third-order valence-corrected chi connectivity index (χ3v) is 4.60. The smallest absolute Gasteiger partial charge is 0.272 e. The van der Waals surface area contributed by atoms with Crippen LogP contribution in [0.25, 0.3) is 5.52 Å². The highest BCUT2D eigenvalue weighted by molar-refractivity contribution is 5.99. The summed E-state index contributed by atoms with van der Waals surface area (Å²) in [4.78, 5) is 17.4. The van der Waals surface area contributed by atoms with Gasteiger partial charge >= 0.3 is 0 Å². The predicted molar refractivity (Wildman–Crippen MR) is 109 cm³/mol. The molecule has 2 heterocycles. The molecular formula is C22H27N3O3. The van der Waals surface area contributed by atoms with Gasteiger partial charge in [-0.15, -0.1) is 0 Å². The molecule has 0 fully saturated rings. The number of hydrogen-bond donors (Lipinski definition) is 1. The van der Waals surface area contributed by atoms with E-state index in [0.29, 0.717) is 24.6 Å². The zero-order valence-corrected chi connectivity index (χ0v) is 16.9. The quantitative estimate of drug-likeness (QED) is 0.648. The largest absolute Gasteiger partial charge is 0.497 e. The van der Waals surface area contributed by atoms with Gasteiger partial charge in [0.15, 0.2) is 5.69 Å². The summed E-state index contributed by atoms with van der Waals surface area (Å²) < 4.78 is 12.6. The van der Waals surface area contributed by atoms with E-state index in [1.807, 2.05) is 47.0 Å². The van der Waals surface area contributed by atoms with Gasteiger partial charge in [-0.1, -0.05) is 26.0 Å². The average molecular weight is 381 g/mol. The lowest BCUT2D eigenvalue weighted by Gasteiger charge is -2.10. The van der Waals surface area contributed by atoms with Crippen molar-refractivity contribution in [3.8, 4) is 11.5 Å². The van der Waals surface area contributed by atoms with Crippen LogP contribution in [0.15, 0.2) is 42.6 Å². The number of imidazole rings is 1. The maximum absolute atomic E-state index is 12.8. The Morgan fingerprint density at radius 2 is 2.00 bits per heavy atom. The van der Waals surface area contributed by atoms with E-state index in [9.17, 15) is 4.79 Å². The summed E-state index contributed by atoms with van der Waals surface area (Å²) in [5, 5.41) is 2.98. The van der Waals surface area contributed by atoms with Crippen LogP contribution in [-0.2, 0) is 12.8 Å². The number of pyridine rings is 1. The second-order valence-corrected chi connectivity index (χ2v) is 7.11. The number of benzene rings is 1. The zero-order chi connectivity index (χ0) is 20.1. The van der Waals surface area contributed by atoms with Crippen LogP contribution in [-0.4, -0.2) is 36.1 Å². The molecule has 0 atom stereocenters. The predicted octanol–water partition coefficient (Wildman–Crippen LogP) is 3.52. The number of ether oxygens (including phenoxy) is 2. The van der Waals surface area contributed by atoms with Crippen molar-refractivity contribution in [1.29, 1.82) is 0 Å². The Bertz CT molecular complexity index is 963. The molecule has 3 rings (SSSR count). The summed E-state index contributed by atoms with van der Waals surface area (Å²) in [7, 11) is 3.25. The van der Waals surface area contributed by atoms with Crippen LogP contribution in [0, 0.1) is 5.92 Å². The molecule has 0 unspecified atom stereocenters. The Morgan fingerprint density at radius 3 is 2.71 bits per heavy atom. The summed E-state index contributed by atoms with van der Waals surface area (Å²) in [6.45, 7) is 4.78. The second kappa shape index (κ2) is 8.78. The van der Waals surface area contributed by atoms with E-state index in [2.05, 4.69) is 24.1 Å². The van der Waals surface area contributed by atoms with E-state index in [1.165, 1.54) is 0 Å². The van der Waals surface area contributed by atoms with Crippen molar-refractivity contribution in [2.45, 2.75) is 26.7 Å². The first kappa shape index (κ1) is 19.7. The number of aromatic nitrogens is 2. The van der Waals surface area contributed by atoms with Crippen molar-refractivity contribution in [3.63, 3.8) is 0 Å². The molecule has 1 amide bonds. The molecule has 0 spiro atoms. The number of amides is 1. The highest BCUT2D eigenvalue weighted by Crippen LogP contribution is 2.24. The van der Waals surface area contributed by atoms with E-state index >= 15 is 0 Å². The van der Waals surface area contributed by atoms with Crippen LogP contribution < -0.4 is 14.8 Å². The molecule has 0 aliphatic heterocycles. The number of fused-ring (bicyclic) bond motifs is 1. The molecule has 3 aromatic rings. The molecule has 148 valence electrons. The second-order valence-electron chi connectivity index (χ2n) is 7.11. The van der Waals surface area contributed by atoms with Crippen LogP contribution in [0.2, 0.25) is 0 Å². The van der Waals surface area contributed by atoms with Crippen molar-refractivity contribution in [2.24, 2.45) is 5.92 Å². The fourth-order valence-corrected chi connectivity index (χ4v) is 3.23. The first-order valence-electron chi connectivity index (χ1n) is 9.48. The minimum absolute atomic E-state index is 0.161. The fourth-order valence-electron chi connectivity index (χ4n) is 3.23. The Morgan fingerprint density at radius 1 is 1.18 bits per heavy atom. The number of carbonyl (C=O) groups excluding carboxylic acids is 1. The lowest BCUT2D eigenvalue weighted by Crippen LogP contribution is -2.26. The zero-order valence-electron chi connectivity index (χ0n) is 16.9. The van der Waals surface area contributed by atoms with E-state index in [0.717, 1.165) is 34.8 Å². The molecule has 2 aromatic heterocycles. The molecule has 0 radical (unpaired) electrons. The van der Waals surface area contributed by atoms with E-state index < -0.39 is 0 Å². The molecule has 0 bridgehead atoms. The number of nitrogens with zero attached hydrogens (tertiary/aromatic N) is 2. The van der Waals surface area contributed by atoms with Crippen LogP contribution >= 0.6 is 0 Å². The average Bonchev–Trinajstić information content (AvgIpc) is 3.06. The van der Waals surface area contributed by atoms with Gasteiger partial charge in [-0.05, 0) is 36.1 Å². The van der Waals surface area contributed by atoms with Crippen molar-refractivity contribution in [1.82, 2.24) is 14.7 Å². The van der Waals surface area contributed by atoms with E-state index in [1.54, 1.807) is 14.2 Å². The Labute approximate surface area is 165 Å². The van der Waals surface area contributed by atoms with Gasteiger partial charge in [0.05, 0.1) is 19.7 Å². The maximum atomic E-state index is 12.8. The lowest BCUT2D eigenvalue weighted by molar-refractivity contribution is 0.0951. The molecule has 0 saturated heterocycles. The van der Waals surface area contributed by atoms with Gasteiger partial charge in [0.25, 0.3) is 5.91 Å². The van der Waals surface area contributed by atoms with Crippen molar-refractivity contribution in [3.05, 3.63) is 59.7 Å². The SMILES string of the molecule is COc1ccc(CCNC(=O)c2nc(CC(C)C)n3ccccc23)c(OC)c1. The molecule has 1 N–H and O–H groups in total. The number of rotatable bonds is 8. The molecule has 6 heteroatoms. The molecule has 0 saturated carbocycles. The number of nitrogens with one attached hydrogen (secondary N) is 1. The third kappa shape index (κ3) is 4.27. The number of hydrogen-bond acceptors (Lipinski definition) is 4. The Balaban J connectivity index is 1.72. The topological polar surface area (TPSA) is 64.9 Å². The van der Waals surface area contributed by atoms with Gasteiger partial charge in [-0.25, -0.2) is 4.98 Å². The van der Waals surface area contributed by atoms with Crippen LogP contribution in [0.5, 0.6) is 11.5 Å². The van der Waals surface area contributed by atoms with Gasteiger partial charge in [0, 0.05) is 25.2 Å². The van der Waals surface area contributed by atoms with Crippen LogP contribution in [0.3, 0.4) is 0 Å². The summed E-state index contributed by atoms with van der Waals surface area (Å²) >= 11 is 0. The van der Waals surface area contributed by atoms with Crippen LogP contribution in [0.4, 0.5) is 0 Å². The van der Waals surface area contributed by atoms with Gasteiger partial charge in [0.1, 0.15) is 17.3 Å². The molecule has 28 heavy (non-hydrogen) atoms. The third-order valence-electron chi connectivity index (χ3n) is 4.60. The fraction of sp³-hybridized carbons (Fsp3) is 0.364. The van der Waals surface area contributed by atoms with Crippen molar-refractivity contribution < 1.29 is 14.3 Å². The summed E-state index contributed by atoms with van der Waals surface area (Å²) in [6, 6.07) is 11.5. The van der Waals surface area contributed by atoms with E-state index in [-0.39, 0.29) is 5.91 Å². The summed E-state index contributed by atoms with van der Waals surface area (Å²) in [5.41, 5.74) is 2.31. The van der Waals surface area contributed by atoms with Gasteiger partial charge in [0.2, 0.25) is 0 Å². The van der Waals surface area contributed by atoms with Crippen molar-refractivity contribution in [2.75, 3.05) is 20.8 Å². The lowest BCUT2D eigenvalue weighted by atomic mass is 10.1. The summed E-state index contributed by atoms with van der Waals surface area (Å²) in [5.74, 6) is 2.70. The highest BCUT2D eigenvalue weighted by atomic mass is 16.5. The van der Waals surface area contributed by atoms with Gasteiger partial charge in [-0.2, -0.15) is 0 Å². The standard InChI is InChI=1S/C22H27N3O3/c1-15(2)13-20-24-21(18-7-5-6-12-25(18)20)22(26)23-11-10-16-8-9-17(27-3)14-19(16)28-4/h5-9,12,14-15H,10-11,13H2,1-4H3,(H,23,26). The van der Waals surface area contributed by atoms with Gasteiger partial charge < -0.3 is 19.2 Å². The van der Waals surface area contributed by atoms with E-state index in [4.69, 9.17) is 9.47 Å². The number of methoxy groups -OCH3 is 2. The molecule has 0 aliphatic rings. The highest BCUT2D eigenvalue weighted by Gasteiger charge is 2.17.